The highest BCUT2D eigenvalue weighted by molar-refractivity contribution is 6.69. The Hall–Kier alpha value is -0.743. The van der Waals surface area contributed by atoms with E-state index in [9.17, 15) is 9.59 Å². The van der Waals surface area contributed by atoms with Crippen LogP contribution in [0, 0.1) is 34.5 Å². The second-order valence-electron chi connectivity index (χ2n) is 11.0. The molecular weight excluding hydrogens is 352 g/mol. The van der Waals surface area contributed by atoms with Crippen LogP contribution in [0.25, 0.3) is 0 Å². The molecule has 3 nitrogen and oxygen atoms in total. The molecule has 4 rings (SSSR count). The molecule has 27 heavy (non-hydrogen) atoms. The van der Waals surface area contributed by atoms with Crippen LogP contribution in [0.4, 0.5) is 0 Å². The lowest BCUT2D eigenvalue weighted by molar-refractivity contribution is -0.136. The predicted octanol–water partition coefficient (Wildman–Crippen LogP) is 5.17. The Morgan fingerprint density at radius 1 is 1.11 bits per heavy atom. The van der Waals surface area contributed by atoms with Crippen LogP contribution in [0.5, 0.6) is 0 Å². The summed E-state index contributed by atoms with van der Waals surface area (Å²) in [5.74, 6) is 2.88. The number of hydrogen-bond acceptors (Lipinski definition) is 3. The number of hydrogen-bond donors (Lipinski definition) is 0. The van der Waals surface area contributed by atoms with Gasteiger partial charge < -0.3 is 4.43 Å². The monoisotopic (exact) mass is 388 g/mol. The van der Waals surface area contributed by atoms with Gasteiger partial charge in [0.25, 0.3) is 0 Å². The van der Waals surface area contributed by atoms with Crippen molar-refractivity contribution < 1.29 is 14.0 Å². The molecule has 3 saturated carbocycles. The molecule has 6 atom stereocenters. The van der Waals surface area contributed by atoms with Crippen molar-refractivity contribution in [1.29, 1.82) is 0 Å². The van der Waals surface area contributed by atoms with Gasteiger partial charge >= 0.3 is 0 Å². The lowest BCUT2D eigenvalue weighted by Gasteiger charge is -2.60. The van der Waals surface area contributed by atoms with Gasteiger partial charge in [0.05, 0.1) is 0 Å². The van der Waals surface area contributed by atoms with Gasteiger partial charge in [0.15, 0.2) is 14.1 Å². The van der Waals surface area contributed by atoms with E-state index in [-0.39, 0.29) is 10.8 Å². The molecule has 3 fully saturated rings. The molecule has 0 N–H and O–H groups in total. The maximum atomic E-state index is 12.7. The van der Waals surface area contributed by atoms with E-state index in [2.05, 4.69) is 33.5 Å². The van der Waals surface area contributed by atoms with E-state index in [1.54, 1.807) is 0 Å². The third-order valence-electron chi connectivity index (χ3n) is 8.62. The van der Waals surface area contributed by atoms with Crippen LogP contribution < -0.4 is 0 Å². The normalized spacial score (nSPS) is 44.4. The molecule has 4 aliphatic rings. The summed E-state index contributed by atoms with van der Waals surface area (Å²) < 4.78 is 6.56. The van der Waals surface area contributed by atoms with Crippen molar-refractivity contribution in [1.82, 2.24) is 0 Å². The van der Waals surface area contributed by atoms with Crippen LogP contribution in [0.2, 0.25) is 19.6 Å². The van der Waals surface area contributed by atoms with Crippen molar-refractivity contribution >= 4 is 19.9 Å². The van der Waals surface area contributed by atoms with E-state index < -0.39 is 8.32 Å². The first kappa shape index (κ1) is 19.6. The lowest BCUT2D eigenvalue weighted by atomic mass is 9.45. The second-order valence-corrected chi connectivity index (χ2v) is 15.5. The molecule has 0 saturated heterocycles. The summed E-state index contributed by atoms with van der Waals surface area (Å²) in [6.07, 6.45) is 8.81. The molecule has 4 heteroatoms. The summed E-state index contributed by atoms with van der Waals surface area (Å²) in [4.78, 5) is 25.0. The molecule has 150 valence electrons. The average Bonchev–Trinajstić information content (AvgIpc) is 2.88. The fourth-order valence-corrected chi connectivity index (χ4v) is 7.87. The summed E-state index contributed by atoms with van der Waals surface area (Å²) >= 11 is 0. The van der Waals surface area contributed by atoms with E-state index in [1.807, 2.05) is 6.08 Å². The molecule has 0 aromatic rings. The number of carbonyl (C=O) groups is 2. The van der Waals surface area contributed by atoms with Gasteiger partial charge in [0, 0.05) is 30.3 Å². The third kappa shape index (κ3) is 2.93. The average molecular weight is 389 g/mol. The van der Waals surface area contributed by atoms with Gasteiger partial charge in [0.2, 0.25) is 0 Å². The molecule has 0 radical (unpaired) electrons. The number of Topliss-reactive ketones (excluding diaryl/α,β-unsaturated/α-hetero) is 1. The van der Waals surface area contributed by atoms with E-state index in [1.165, 1.54) is 5.57 Å². The number of fused-ring (bicyclic) bond motifs is 5. The zero-order valence-corrected chi connectivity index (χ0v) is 18.8. The summed E-state index contributed by atoms with van der Waals surface area (Å²) in [5, 5.41) is 0. The van der Waals surface area contributed by atoms with Gasteiger partial charge in [0.1, 0.15) is 5.78 Å². The molecule has 0 aromatic heterocycles. The molecule has 4 aliphatic carbocycles. The van der Waals surface area contributed by atoms with Crippen molar-refractivity contribution in [3.63, 3.8) is 0 Å². The van der Waals surface area contributed by atoms with Gasteiger partial charge in [-0.15, -0.1) is 0 Å². The van der Waals surface area contributed by atoms with Crippen molar-refractivity contribution in [2.75, 3.05) is 6.61 Å². The maximum absolute atomic E-state index is 12.7. The molecule has 0 aliphatic heterocycles. The standard InChI is InChI=1S/C23H36O3Si/c1-15-12-17(24)13-16-6-7-18-19-8-9-21(25)22(19,2)11-10-20(18)23(15,16)14-26-27(3,4)5/h13,15,18-20H,6-12,14H2,1-5H3/t15-,18+,19+,20+,22+,23+/m1/s1. The number of ketones is 2. The molecule has 0 heterocycles. The Morgan fingerprint density at radius 3 is 2.56 bits per heavy atom. The first-order valence-corrected chi connectivity index (χ1v) is 14.4. The van der Waals surface area contributed by atoms with E-state index in [4.69, 9.17) is 4.43 Å². The Labute approximate surface area is 165 Å². The third-order valence-corrected chi connectivity index (χ3v) is 9.63. The molecule has 0 aromatic carbocycles. The summed E-state index contributed by atoms with van der Waals surface area (Å²) in [6, 6.07) is 0. The highest BCUT2D eigenvalue weighted by atomic mass is 28.4. The minimum atomic E-state index is -1.64. The Bertz CT molecular complexity index is 690. The highest BCUT2D eigenvalue weighted by Gasteiger charge is 2.61. The minimum absolute atomic E-state index is 0.0179. The first-order chi connectivity index (χ1) is 12.6. The Kier molecular flexibility index (Phi) is 4.63. The smallest absolute Gasteiger partial charge is 0.183 e. The Balaban J connectivity index is 1.74. The zero-order chi connectivity index (χ0) is 19.6. The van der Waals surface area contributed by atoms with Crippen molar-refractivity contribution in [3.8, 4) is 0 Å². The van der Waals surface area contributed by atoms with Crippen LogP contribution in [-0.4, -0.2) is 26.5 Å². The zero-order valence-electron chi connectivity index (χ0n) is 17.8. The van der Waals surface area contributed by atoms with Crippen molar-refractivity contribution in [2.45, 2.75) is 78.4 Å². The Morgan fingerprint density at radius 2 is 1.85 bits per heavy atom. The predicted molar refractivity (Wildman–Crippen MR) is 110 cm³/mol. The summed E-state index contributed by atoms with van der Waals surface area (Å²) in [6.45, 7) is 12.1. The number of rotatable bonds is 3. The van der Waals surface area contributed by atoms with Crippen molar-refractivity contribution in [2.24, 2.45) is 34.5 Å². The SMILES string of the molecule is C[C@@H]1CC(=O)C=C2CC[C@@H]3[C@H](CC[C@]4(C)C(=O)CC[C@@H]34)[C@]21CO[Si](C)(C)C. The lowest BCUT2D eigenvalue weighted by Crippen LogP contribution is -2.56. The molecular formula is C23H36O3Si. The molecule has 0 amide bonds. The topological polar surface area (TPSA) is 43.4 Å². The van der Waals surface area contributed by atoms with Gasteiger partial charge in [-0.05, 0) is 81.5 Å². The highest BCUT2D eigenvalue weighted by Crippen LogP contribution is 2.65. The van der Waals surface area contributed by atoms with Gasteiger partial charge in [-0.3, -0.25) is 9.59 Å². The number of carbonyl (C=O) groups excluding carboxylic acids is 2. The largest absolute Gasteiger partial charge is 0.417 e. The molecule has 0 unspecified atom stereocenters. The minimum Gasteiger partial charge on any atom is -0.417 e. The first-order valence-electron chi connectivity index (χ1n) is 11.0. The van der Waals surface area contributed by atoms with Crippen LogP contribution in [0.15, 0.2) is 11.6 Å². The van der Waals surface area contributed by atoms with Crippen LogP contribution in [0.3, 0.4) is 0 Å². The quantitative estimate of drug-likeness (QED) is 0.627. The van der Waals surface area contributed by atoms with Crippen LogP contribution in [-0.2, 0) is 14.0 Å². The van der Waals surface area contributed by atoms with Gasteiger partial charge in [-0.25, -0.2) is 0 Å². The fourth-order valence-electron chi connectivity index (χ4n) is 7.20. The van der Waals surface area contributed by atoms with Crippen LogP contribution >= 0.6 is 0 Å². The summed E-state index contributed by atoms with van der Waals surface area (Å²) in [5.41, 5.74) is 1.31. The fraction of sp³-hybridized carbons (Fsp3) is 0.826. The van der Waals surface area contributed by atoms with Crippen molar-refractivity contribution in [3.05, 3.63) is 11.6 Å². The summed E-state index contributed by atoms with van der Waals surface area (Å²) in [7, 11) is -1.64. The van der Waals surface area contributed by atoms with Gasteiger partial charge in [-0.2, -0.15) is 0 Å². The second kappa shape index (κ2) is 6.38. The van der Waals surface area contributed by atoms with Gasteiger partial charge in [-0.1, -0.05) is 19.4 Å². The van der Waals surface area contributed by atoms with E-state index in [0.717, 1.165) is 45.1 Å². The van der Waals surface area contributed by atoms with E-state index in [0.29, 0.717) is 41.7 Å². The molecule has 0 bridgehead atoms. The van der Waals surface area contributed by atoms with E-state index >= 15 is 0 Å². The van der Waals surface area contributed by atoms with Crippen LogP contribution in [0.1, 0.15) is 58.8 Å². The maximum Gasteiger partial charge on any atom is 0.183 e. The molecule has 0 spiro atoms.